The molecule has 0 amide bonds. The molecular weight excluding hydrogens is 231 g/mol. The predicted octanol–water partition coefficient (Wildman–Crippen LogP) is 2.45. The molecule has 4 heteroatoms. The van der Waals surface area contributed by atoms with E-state index in [1.807, 2.05) is 12.1 Å². The van der Waals surface area contributed by atoms with E-state index in [1.54, 1.807) is 6.20 Å². The van der Waals surface area contributed by atoms with E-state index in [9.17, 15) is 9.50 Å². The second-order valence-electron chi connectivity index (χ2n) is 4.17. The zero-order chi connectivity index (χ0) is 13.0. The summed E-state index contributed by atoms with van der Waals surface area (Å²) in [6, 6.07) is 5.16. The minimum absolute atomic E-state index is 0.356. The Bertz CT molecular complexity index is 513. The highest BCUT2D eigenvalue weighted by molar-refractivity contribution is 5.18. The molecule has 0 spiro atoms. The van der Waals surface area contributed by atoms with E-state index in [2.05, 4.69) is 16.9 Å². The van der Waals surface area contributed by atoms with E-state index in [4.69, 9.17) is 0 Å². The molecular formula is C14H15FN2O. The zero-order valence-corrected chi connectivity index (χ0v) is 10.2. The average molecular weight is 246 g/mol. The number of aliphatic hydroxyl groups is 1. The predicted molar refractivity (Wildman–Crippen MR) is 66.5 cm³/mol. The lowest BCUT2D eigenvalue weighted by Crippen LogP contribution is -2.04. The molecule has 2 heterocycles. The van der Waals surface area contributed by atoms with Crippen molar-refractivity contribution in [2.45, 2.75) is 25.9 Å². The fourth-order valence-corrected chi connectivity index (χ4v) is 1.71. The number of hydrogen-bond acceptors (Lipinski definition) is 3. The molecule has 0 saturated carbocycles. The van der Waals surface area contributed by atoms with Crippen LogP contribution in [0.5, 0.6) is 0 Å². The second-order valence-corrected chi connectivity index (χ2v) is 4.17. The van der Waals surface area contributed by atoms with Gasteiger partial charge in [-0.15, -0.1) is 0 Å². The van der Waals surface area contributed by atoms with Gasteiger partial charge in [0.2, 0.25) is 0 Å². The highest BCUT2D eigenvalue weighted by Gasteiger charge is 2.10. The van der Waals surface area contributed by atoms with Crippen LogP contribution in [0.25, 0.3) is 0 Å². The Morgan fingerprint density at radius 3 is 2.72 bits per heavy atom. The Kier molecular flexibility index (Phi) is 3.99. The van der Waals surface area contributed by atoms with Gasteiger partial charge in [-0.1, -0.05) is 13.0 Å². The SMILES string of the molecule is CCc1ccc(CC(O)c2cncc(F)c2)nc1. The van der Waals surface area contributed by atoms with Gasteiger partial charge in [-0.3, -0.25) is 9.97 Å². The summed E-state index contributed by atoms with van der Waals surface area (Å²) in [5.74, 6) is -0.444. The van der Waals surface area contributed by atoms with Crippen LogP contribution < -0.4 is 0 Å². The first-order valence-corrected chi connectivity index (χ1v) is 5.91. The van der Waals surface area contributed by atoms with E-state index < -0.39 is 11.9 Å². The van der Waals surface area contributed by atoms with Crippen LogP contribution in [0, 0.1) is 5.82 Å². The van der Waals surface area contributed by atoms with Crippen molar-refractivity contribution in [3.8, 4) is 0 Å². The molecule has 0 radical (unpaired) electrons. The third-order valence-corrected chi connectivity index (χ3v) is 2.81. The van der Waals surface area contributed by atoms with Gasteiger partial charge in [0.05, 0.1) is 12.3 Å². The first kappa shape index (κ1) is 12.6. The van der Waals surface area contributed by atoms with Gasteiger partial charge in [-0.05, 0) is 24.1 Å². The van der Waals surface area contributed by atoms with Crippen molar-refractivity contribution in [3.63, 3.8) is 0 Å². The lowest BCUT2D eigenvalue weighted by Gasteiger charge is -2.10. The van der Waals surface area contributed by atoms with E-state index in [0.717, 1.165) is 23.9 Å². The maximum atomic E-state index is 13.0. The molecule has 0 aromatic carbocycles. The van der Waals surface area contributed by atoms with Crippen molar-refractivity contribution < 1.29 is 9.50 Å². The van der Waals surface area contributed by atoms with Crippen molar-refractivity contribution in [1.29, 1.82) is 0 Å². The maximum absolute atomic E-state index is 13.0. The molecule has 1 N–H and O–H groups in total. The number of aliphatic hydroxyl groups excluding tert-OH is 1. The van der Waals surface area contributed by atoms with Crippen LogP contribution in [0.3, 0.4) is 0 Å². The van der Waals surface area contributed by atoms with Crippen LogP contribution in [0.15, 0.2) is 36.8 Å². The van der Waals surface area contributed by atoms with Crippen LogP contribution in [-0.2, 0) is 12.8 Å². The summed E-state index contributed by atoms with van der Waals surface area (Å²) in [5.41, 5.74) is 2.40. The first-order valence-electron chi connectivity index (χ1n) is 5.91. The van der Waals surface area contributed by atoms with Crippen molar-refractivity contribution in [3.05, 3.63) is 59.4 Å². The van der Waals surface area contributed by atoms with Crippen molar-refractivity contribution in [2.24, 2.45) is 0 Å². The van der Waals surface area contributed by atoms with Gasteiger partial charge in [-0.25, -0.2) is 4.39 Å². The van der Waals surface area contributed by atoms with Gasteiger partial charge in [0.25, 0.3) is 0 Å². The normalized spacial score (nSPS) is 12.4. The highest BCUT2D eigenvalue weighted by atomic mass is 19.1. The molecule has 0 aliphatic carbocycles. The Morgan fingerprint density at radius 1 is 1.28 bits per heavy atom. The number of aromatic nitrogens is 2. The molecule has 94 valence electrons. The average Bonchev–Trinajstić information content (AvgIpc) is 2.39. The third-order valence-electron chi connectivity index (χ3n) is 2.81. The summed E-state index contributed by atoms with van der Waals surface area (Å²) >= 11 is 0. The molecule has 3 nitrogen and oxygen atoms in total. The first-order chi connectivity index (χ1) is 8.69. The standard InChI is InChI=1S/C14H15FN2O/c1-2-10-3-4-13(17-7-10)6-14(18)11-5-12(15)9-16-8-11/h3-5,7-9,14,18H,2,6H2,1H3. The Morgan fingerprint density at radius 2 is 2.11 bits per heavy atom. The van der Waals surface area contributed by atoms with Crippen LogP contribution >= 0.6 is 0 Å². The molecule has 18 heavy (non-hydrogen) atoms. The van der Waals surface area contributed by atoms with Gasteiger partial charge < -0.3 is 5.11 Å². The summed E-state index contributed by atoms with van der Waals surface area (Å²) in [6.07, 6.45) is 4.89. The van der Waals surface area contributed by atoms with Gasteiger partial charge in [-0.2, -0.15) is 0 Å². The van der Waals surface area contributed by atoms with Crippen molar-refractivity contribution in [1.82, 2.24) is 9.97 Å². The monoisotopic (exact) mass is 246 g/mol. The van der Waals surface area contributed by atoms with Crippen LogP contribution in [0.2, 0.25) is 0 Å². The summed E-state index contributed by atoms with van der Waals surface area (Å²) in [6.45, 7) is 2.06. The number of hydrogen-bond donors (Lipinski definition) is 1. The Balaban J connectivity index is 2.08. The zero-order valence-electron chi connectivity index (χ0n) is 10.2. The van der Waals surface area contributed by atoms with Crippen LogP contribution in [0.1, 0.15) is 29.8 Å². The Labute approximate surface area is 105 Å². The van der Waals surface area contributed by atoms with Crippen LogP contribution in [0.4, 0.5) is 4.39 Å². The summed E-state index contributed by atoms with van der Waals surface area (Å²) in [5, 5.41) is 9.98. The van der Waals surface area contributed by atoms with Gasteiger partial charge in [0, 0.05) is 30.1 Å². The van der Waals surface area contributed by atoms with Crippen molar-refractivity contribution in [2.75, 3.05) is 0 Å². The number of aryl methyl sites for hydroxylation is 1. The molecule has 2 aromatic heterocycles. The van der Waals surface area contributed by atoms with E-state index >= 15 is 0 Å². The van der Waals surface area contributed by atoms with Gasteiger partial charge in [0.1, 0.15) is 5.82 Å². The molecule has 0 aliphatic heterocycles. The lowest BCUT2D eigenvalue weighted by atomic mass is 10.1. The fourth-order valence-electron chi connectivity index (χ4n) is 1.71. The summed E-state index contributed by atoms with van der Waals surface area (Å²) < 4.78 is 13.0. The number of halogens is 1. The molecule has 0 bridgehead atoms. The third kappa shape index (κ3) is 3.11. The van der Waals surface area contributed by atoms with E-state index in [1.165, 1.54) is 12.3 Å². The van der Waals surface area contributed by atoms with Crippen molar-refractivity contribution >= 4 is 0 Å². The molecule has 2 rings (SSSR count). The van der Waals surface area contributed by atoms with Gasteiger partial charge >= 0.3 is 0 Å². The molecule has 0 saturated heterocycles. The van der Waals surface area contributed by atoms with Gasteiger partial charge in [0.15, 0.2) is 0 Å². The minimum Gasteiger partial charge on any atom is -0.388 e. The molecule has 0 fully saturated rings. The quantitative estimate of drug-likeness (QED) is 0.901. The lowest BCUT2D eigenvalue weighted by molar-refractivity contribution is 0.176. The largest absolute Gasteiger partial charge is 0.388 e. The molecule has 2 aromatic rings. The topological polar surface area (TPSA) is 46.0 Å². The molecule has 1 unspecified atom stereocenters. The number of nitrogens with zero attached hydrogens (tertiary/aromatic N) is 2. The number of rotatable bonds is 4. The van der Waals surface area contributed by atoms with E-state index in [0.29, 0.717) is 12.0 Å². The smallest absolute Gasteiger partial charge is 0.141 e. The minimum atomic E-state index is -0.784. The van der Waals surface area contributed by atoms with E-state index in [-0.39, 0.29) is 0 Å². The second kappa shape index (κ2) is 5.69. The molecule has 0 aliphatic rings. The fraction of sp³-hybridized carbons (Fsp3) is 0.286. The summed E-state index contributed by atoms with van der Waals surface area (Å²) in [4.78, 5) is 7.98. The molecule has 1 atom stereocenters. The Hall–Kier alpha value is -1.81. The summed E-state index contributed by atoms with van der Waals surface area (Å²) in [7, 11) is 0. The maximum Gasteiger partial charge on any atom is 0.141 e. The highest BCUT2D eigenvalue weighted by Crippen LogP contribution is 2.17. The van der Waals surface area contributed by atoms with Crippen LogP contribution in [-0.4, -0.2) is 15.1 Å². The number of pyridine rings is 2.